The Kier molecular flexibility index (Phi) is 8.15. The van der Waals surface area contributed by atoms with Gasteiger partial charge in [-0.1, -0.05) is 91.7 Å². The Balaban J connectivity index is 1.15. The van der Waals surface area contributed by atoms with Crippen LogP contribution in [0.5, 0.6) is 5.75 Å². The number of benzene rings is 3. The van der Waals surface area contributed by atoms with Gasteiger partial charge in [-0.2, -0.15) is 0 Å². The van der Waals surface area contributed by atoms with Crippen molar-refractivity contribution in [1.29, 1.82) is 0 Å². The predicted molar refractivity (Wildman–Crippen MR) is 150 cm³/mol. The predicted octanol–water partition coefficient (Wildman–Crippen LogP) is 5.96. The summed E-state index contributed by atoms with van der Waals surface area (Å²) < 4.78 is 13.1. The minimum absolute atomic E-state index is 0.0874. The van der Waals surface area contributed by atoms with Crippen molar-refractivity contribution >= 4 is 5.97 Å². The summed E-state index contributed by atoms with van der Waals surface area (Å²) in [6.07, 6.45) is 5.35. The maximum absolute atomic E-state index is 13.5. The first kappa shape index (κ1) is 26.5. The smallest absolute Gasteiger partial charge is 0.343 e. The first-order valence-corrected chi connectivity index (χ1v) is 14.1. The fourth-order valence-corrected chi connectivity index (χ4v) is 6.30. The van der Waals surface area contributed by atoms with E-state index in [1.165, 1.54) is 0 Å². The van der Waals surface area contributed by atoms with E-state index < -0.39 is 11.6 Å². The Bertz CT molecular complexity index is 1190. The molecule has 2 fully saturated rings. The minimum atomic E-state index is -1.57. The molecule has 3 atom stereocenters. The number of carbonyl (C=O) groups is 1. The van der Waals surface area contributed by atoms with Crippen molar-refractivity contribution in [2.75, 3.05) is 33.3 Å². The molecule has 1 N–H and O–H groups in total. The summed E-state index contributed by atoms with van der Waals surface area (Å²) in [7, 11) is 2.23. The molecular formula is C33H40NO4+. The second-order valence-corrected chi connectivity index (χ2v) is 11.2. The number of carbonyl (C=O) groups excluding carboxylic acids is 1. The summed E-state index contributed by atoms with van der Waals surface area (Å²) in [4.78, 5) is 13.5. The van der Waals surface area contributed by atoms with E-state index >= 15 is 0 Å². The number of esters is 1. The number of ether oxygens (including phenoxy) is 2. The second-order valence-electron chi connectivity index (χ2n) is 11.2. The Labute approximate surface area is 226 Å². The van der Waals surface area contributed by atoms with Crippen LogP contribution in [-0.4, -0.2) is 55.0 Å². The van der Waals surface area contributed by atoms with Crippen LogP contribution in [0, 0.1) is 5.92 Å². The van der Waals surface area contributed by atoms with Gasteiger partial charge in [0.1, 0.15) is 12.3 Å². The maximum atomic E-state index is 13.5. The molecule has 1 unspecified atom stereocenters. The molecule has 5 rings (SSSR count). The van der Waals surface area contributed by atoms with Crippen molar-refractivity contribution in [3.05, 3.63) is 90.5 Å². The molecular weight excluding hydrogens is 474 g/mol. The number of aliphatic hydroxyl groups is 1. The zero-order valence-electron chi connectivity index (χ0n) is 22.4. The van der Waals surface area contributed by atoms with Crippen LogP contribution in [0.3, 0.4) is 0 Å². The molecule has 2 aliphatic rings. The number of rotatable bonds is 10. The van der Waals surface area contributed by atoms with Gasteiger partial charge in [0, 0.05) is 24.3 Å². The van der Waals surface area contributed by atoms with E-state index in [-0.39, 0.29) is 12.0 Å². The number of hydrogen-bond donors (Lipinski definition) is 1. The third kappa shape index (κ3) is 5.79. The Hall–Kier alpha value is -3.15. The Morgan fingerprint density at radius 1 is 0.921 bits per heavy atom. The molecule has 0 amide bonds. The fourth-order valence-electron chi connectivity index (χ4n) is 6.30. The highest BCUT2D eigenvalue weighted by Crippen LogP contribution is 2.42. The molecule has 3 aromatic carbocycles. The molecule has 1 aliphatic heterocycles. The standard InChI is InChI=1S/C33H40NO4/c1-34(22-12-24-37-31-20-11-10-19-30(31)26-13-4-2-5-14-26)23-21-29(25-34)38-32(35)33(36,28-17-8-9-18-28)27-15-6-3-7-16-27/h2-7,10-11,13-16,19-20,28-29,36H,8-9,12,17-18,21-25H2,1H3/q+1/t29-,33+,34?/m1/s1. The Morgan fingerprint density at radius 3 is 2.32 bits per heavy atom. The van der Waals surface area contributed by atoms with Gasteiger partial charge in [-0.05, 0) is 30.0 Å². The van der Waals surface area contributed by atoms with E-state index in [1.54, 1.807) is 0 Å². The molecule has 1 saturated carbocycles. The molecule has 200 valence electrons. The highest BCUT2D eigenvalue weighted by Gasteiger charge is 2.49. The summed E-state index contributed by atoms with van der Waals surface area (Å²) in [5, 5.41) is 11.7. The van der Waals surface area contributed by atoms with Crippen molar-refractivity contribution < 1.29 is 23.9 Å². The van der Waals surface area contributed by atoms with Gasteiger partial charge in [0.2, 0.25) is 0 Å². The lowest BCUT2D eigenvalue weighted by Crippen LogP contribution is -2.47. The number of likely N-dealkylation sites (N-methyl/N-ethyl adjacent to an activating group) is 1. The number of quaternary nitrogens is 1. The number of likely N-dealkylation sites (tertiary alicyclic amines) is 1. The molecule has 3 aromatic rings. The largest absolute Gasteiger partial charge is 0.493 e. The molecule has 5 nitrogen and oxygen atoms in total. The third-order valence-electron chi connectivity index (χ3n) is 8.45. The fraction of sp³-hybridized carbons (Fsp3) is 0.424. The quantitative estimate of drug-likeness (QED) is 0.206. The van der Waals surface area contributed by atoms with Crippen molar-refractivity contribution in [1.82, 2.24) is 0 Å². The van der Waals surface area contributed by atoms with Crippen LogP contribution in [0.15, 0.2) is 84.9 Å². The highest BCUT2D eigenvalue weighted by atomic mass is 16.6. The van der Waals surface area contributed by atoms with E-state index in [0.29, 0.717) is 12.2 Å². The van der Waals surface area contributed by atoms with Crippen LogP contribution in [0.2, 0.25) is 0 Å². The highest BCUT2D eigenvalue weighted by molar-refractivity contribution is 5.81. The van der Waals surface area contributed by atoms with Crippen molar-refractivity contribution in [2.24, 2.45) is 5.92 Å². The first-order chi connectivity index (χ1) is 18.5. The summed E-state index contributed by atoms with van der Waals surface area (Å²) >= 11 is 0. The van der Waals surface area contributed by atoms with E-state index in [4.69, 9.17) is 9.47 Å². The van der Waals surface area contributed by atoms with Crippen molar-refractivity contribution in [3.8, 4) is 16.9 Å². The molecule has 0 radical (unpaired) electrons. The van der Waals surface area contributed by atoms with Gasteiger partial charge >= 0.3 is 5.97 Å². The lowest BCUT2D eigenvalue weighted by molar-refractivity contribution is -0.899. The summed E-state index contributed by atoms with van der Waals surface area (Å²) in [5.41, 5.74) is 1.35. The zero-order chi connectivity index (χ0) is 26.4. The van der Waals surface area contributed by atoms with E-state index in [0.717, 1.165) is 79.5 Å². The normalized spacial score (nSPS) is 23.2. The average molecular weight is 515 g/mol. The van der Waals surface area contributed by atoms with Crippen molar-refractivity contribution in [2.45, 2.75) is 50.2 Å². The van der Waals surface area contributed by atoms with Gasteiger partial charge in [0.05, 0.1) is 26.7 Å². The summed E-state index contributed by atoms with van der Waals surface area (Å²) in [5.74, 6) is 0.340. The van der Waals surface area contributed by atoms with Gasteiger partial charge in [-0.15, -0.1) is 0 Å². The lowest BCUT2D eigenvalue weighted by atomic mass is 9.80. The number of nitrogens with zero attached hydrogens (tertiary/aromatic N) is 1. The topological polar surface area (TPSA) is 55.8 Å². The van der Waals surface area contributed by atoms with Crippen LogP contribution in [-0.2, 0) is 15.1 Å². The van der Waals surface area contributed by atoms with Crippen molar-refractivity contribution in [3.63, 3.8) is 0 Å². The number of para-hydroxylation sites is 1. The molecule has 38 heavy (non-hydrogen) atoms. The van der Waals surface area contributed by atoms with Gasteiger partial charge in [-0.25, -0.2) is 4.79 Å². The van der Waals surface area contributed by atoms with Crippen LogP contribution in [0.1, 0.15) is 44.1 Å². The molecule has 0 bridgehead atoms. The van der Waals surface area contributed by atoms with Crippen LogP contribution in [0.4, 0.5) is 0 Å². The SMILES string of the molecule is C[N+]1(CCCOc2ccccc2-c2ccccc2)CC[C@@H](OC(=O)[C@](O)(c2ccccc2)C2CCCC2)C1. The van der Waals surface area contributed by atoms with Gasteiger partial charge in [-0.3, -0.25) is 0 Å². The van der Waals surface area contributed by atoms with E-state index in [1.807, 2.05) is 66.7 Å². The molecule has 1 aliphatic carbocycles. The van der Waals surface area contributed by atoms with Gasteiger partial charge < -0.3 is 19.1 Å². The second kappa shape index (κ2) is 11.7. The third-order valence-corrected chi connectivity index (χ3v) is 8.45. The Morgan fingerprint density at radius 2 is 1.58 bits per heavy atom. The number of hydrogen-bond acceptors (Lipinski definition) is 4. The van der Waals surface area contributed by atoms with Crippen LogP contribution < -0.4 is 4.74 Å². The summed E-state index contributed by atoms with van der Waals surface area (Å²) in [6.45, 7) is 3.30. The van der Waals surface area contributed by atoms with Crippen LogP contribution >= 0.6 is 0 Å². The lowest BCUT2D eigenvalue weighted by Gasteiger charge is -2.33. The average Bonchev–Trinajstić information content (AvgIpc) is 3.63. The van der Waals surface area contributed by atoms with Crippen LogP contribution in [0.25, 0.3) is 11.1 Å². The summed E-state index contributed by atoms with van der Waals surface area (Å²) in [6, 6.07) is 27.9. The van der Waals surface area contributed by atoms with E-state index in [9.17, 15) is 9.90 Å². The maximum Gasteiger partial charge on any atom is 0.343 e. The first-order valence-electron chi connectivity index (χ1n) is 14.1. The zero-order valence-corrected chi connectivity index (χ0v) is 22.4. The van der Waals surface area contributed by atoms with Gasteiger partial charge in [0.15, 0.2) is 11.7 Å². The molecule has 0 spiro atoms. The molecule has 1 saturated heterocycles. The molecule has 1 heterocycles. The van der Waals surface area contributed by atoms with E-state index in [2.05, 4.69) is 25.2 Å². The monoisotopic (exact) mass is 514 g/mol. The molecule has 5 heteroatoms. The minimum Gasteiger partial charge on any atom is -0.493 e. The molecule has 0 aromatic heterocycles. The van der Waals surface area contributed by atoms with Gasteiger partial charge in [0.25, 0.3) is 0 Å².